The number of fused-ring (bicyclic) bond motifs is 1. The van der Waals surface area contributed by atoms with Crippen LogP contribution in [0.1, 0.15) is 36.1 Å². The number of ether oxygens (including phenoxy) is 1. The third-order valence-electron chi connectivity index (χ3n) is 6.43. The van der Waals surface area contributed by atoms with Crippen molar-refractivity contribution in [2.75, 3.05) is 30.9 Å². The van der Waals surface area contributed by atoms with Crippen LogP contribution in [0.2, 0.25) is 0 Å². The van der Waals surface area contributed by atoms with Crippen molar-refractivity contribution in [1.29, 1.82) is 0 Å². The van der Waals surface area contributed by atoms with Gasteiger partial charge in [-0.2, -0.15) is 0 Å². The molecule has 3 aromatic carbocycles. The van der Waals surface area contributed by atoms with E-state index >= 15 is 0 Å². The highest BCUT2D eigenvalue weighted by molar-refractivity contribution is 6.06. The van der Waals surface area contributed by atoms with Crippen molar-refractivity contribution in [3.63, 3.8) is 0 Å². The number of rotatable bonds is 7. The number of hydrogen-bond acceptors (Lipinski definition) is 4. The van der Waals surface area contributed by atoms with Crippen LogP contribution < -0.4 is 15.0 Å². The first-order valence-corrected chi connectivity index (χ1v) is 12.2. The van der Waals surface area contributed by atoms with E-state index < -0.39 is 0 Å². The van der Waals surface area contributed by atoms with Crippen molar-refractivity contribution < 1.29 is 13.9 Å². The Morgan fingerprint density at radius 1 is 1.03 bits per heavy atom. The van der Waals surface area contributed by atoms with Crippen LogP contribution in [0.5, 0.6) is 5.75 Å². The Morgan fingerprint density at radius 2 is 1.75 bits per heavy atom. The highest BCUT2D eigenvalue weighted by Gasteiger charge is 2.20. The molecule has 0 fully saturated rings. The summed E-state index contributed by atoms with van der Waals surface area (Å²) in [4.78, 5) is 14.9. The predicted octanol–water partition coefficient (Wildman–Crippen LogP) is 7.53. The molecule has 0 bridgehead atoms. The molecule has 1 heterocycles. The number of anilines is 2. The lowest BCUT2D eigenvalue weighted by Gasteiger charge is -2.15. The third-order valence-corrected chi connectivity index (χ3v) is 6.43. The van der Waals surface area contributed by atoms with E-state index in [-0.39, 0.29) is 5.91 Å². The highest BCUT2D eigenvalue weighted by atomic mass is 16.5. The maximum atomic E-state index is 12.9. The predicted molar refractivity (Wildman–Crippen MR) is 150 cm³/mol. The fourth-order valence-electron chi connectivity index (χ4n) is 4.56. The maximum absolute atomic E-state index is 12.9. The first-order valence-electron chi connectivity index (χ1n) is 12.2. The third kappa shape index (κ3) is 5.01. The van der Waals surface area contributed by atoms with Gasteiger partial charge in [0, 0.05) is 53.6 Å². The molecule has 36 heavy (non-hydrogen) atoms. The molecule has 0 saturated heterocycles. The number of amides is 1. The summed E-state index contributed by atoms with van der Waals surface area (Å²) in [6.45, 7) is 10.6. The van der Waals surface area contributed by atoms with Crippen molar-refractivity contribution in [2.45, 2.75) is 34.6 Å². The van der Waals surface area contributed by atoms with Gasteiger partial charge in [-0.05, 0) is 81.7 Å². The van der Waals surface area contributed by atoms with E-state index in [4.69, 9.17) is 9.15 Å². The Hall–Kier alpha value is -3.99. The zero-order chi connectivity index (χ0) is 26.0. The average molecular weight is 483 g/mol. The van der Waals surface area contributed by atoms with E-state index in [0.717, 1.165) is 55.9 Å². The number of carbonyl (C=O) groups excluding carboxylic acids is 1. The van der Waals surface area contributed by atoms with Crippen LogP contribution in [0, 0.1) is 20.8 Å². The van der Waals surface area contributed by atoms with Crippen LogP contribution in [-0.4, -0.2) is 26.6 Å². The number of benzene rings is 3. The van der Waals surface area contributed by atoms with Gasteiger partial charge in [-0.1, -0.05) is 23.8 Å². The van der Waals surface area contributed by atoms with Gasteiger partial charge in [-0.3, -0.25) is 4.79 Å². The largest absolute Gasteiger partial charge is 0.493 e. The minimum atomic E-state index is -0.188. The SMILES string of the molecule is CCOc1c(/C(C)=C/C(=O)Nc2ccc(N(C)C)cc2)cc2c(-c3ccc(C)cc3C)coc2c1C. The quantitative estimate of drug-likeness (QED) is 0.277. The molecule has 1 N–H and O–H groups in total. The Bertz CT molecular complexity index is 1440. The summed E-state index contributed by atoms with van der Waals surface area (Å²) in [5, 5.41) is 3.97. The van der Waals surface area contributed by atoms with Crippen molar-refractivity contribution in [1.82, 2.24) is 0 Å². The minimum Gasteiger partial charge on any atom is -0.493 e. The molecule has 0 aliphatic heterocycles. The van der Waals surface area contributed by atoms with Gasteiger partial charge in [0.1, 0.15) is 11.3 Å². The van der Waals surface area contributed by atoms with Gasteiger partial charge in [0.15, 0.2) is 0 Å². The molecule has 0 unspecified atom stereocenters. The molecule has 0 radical (unpaired) electrons. The number of aryl methyl sites for hydroxylation is 3. The molecule has 0 aliphatic carbocycles. The van der Waals surface area contributed by atoms with Gasteiger partial charge in [0.05, 0.1) is 12.9 Å². The molecule has 0 saturated carbocycles. The van der Waals surface area contributed by atoms with Gasteiger partial charge in [-0.15, -0.1) is 0 Å². The lowest BCUT2D eigenvalue weighted by Crippen LogP contribution is -2.10. The molecule has 1 amide bonds. The summed E-state index contributed by atoms with van der Waals surface area (Å²) in [5.41, 5.74) is 9.83. The molecule has 186 valence electrons. The highest BCUT2D eigenvalue weighted by Crippen LogP contribution is 2.41. The Morgan fingerprint density at radius 3 is 2.39 bits per heavy atom. The summed E-state index contributed by atoms with van der Waals surface area (Å²) < 4.78 is 12.1. The molecule has 5 nitrogen and oxygen atoms in total. The zero-order valence-corrected chi connectivity index (χ0v) is 22.2. The van der Waals surface area contributed by atoms with Crippen molar-refractivity contribution >= 4 is 33.8 Å². The second-order valence-corrected chi connectivity index (χ2v) is 9.41. The number of allylic oxidation sites excluding steroid dienone is 1. The molecular weight excluding hydrogens is 448 g/mol. The summed E-state index contributed by atoms with van der Waals surface area (Å²) in [6.07, 6.45) is 3.44. The summed E-state index contributed by atoms with van der Waals surface area (Å²) in [5.74, 6) is 0.551. The van der Waals surface area contributed by atoms with E-state index in [9.17, 15) is 4.79 Å². The van der Waals surface area contributed by atoms with Crippen LogP contribution in [-0.2, 0) is 4.79 Å². The number of hydrogen-bond donors (Lipinski definition) is 1. The van der Waals surface area contributed by atoms with E-state index in [2.05, 4.69) is 43.4 Å². The van der Waals surface area contributed by atoms with Crippen LogP contribution in [0.4, 0.5) is 11.4 Å². The molecule has 1 aromatic heterocycles. The molecule has 0 aliphatic rings. The van der Waals surface area contributed by atoms with Crippen molar-refractivity contribution in [2.24, 2.45) is 0 Å². The minimum absolute atomic E-state index is 0.188. The first-order chi connectivity index (χ1) is 17.2. The summed E-state index contributed by atoms with van der Waals surface area (Å²) >= 11 is 0. The van der Waals surface area contributed by atoms with E-state index in [1.54, 1.807) is 6.08 Å². The first kappa shape index (κ1) is 25.1. The smallest absolute Gasteiger partial charge is 0.248 e. The second-order valence-electron chi connectivity index (χ2n) is 9.41. The summed E-state index contributed by atoms with van der Waals surface area (Å²) in [7, 11) is 3.97. The number of nitrogens with one attached hydrogen (secondary N) is 1. The molecule has 0 atom stereocenters. The number of carbonyl (C=O) groups is 1. The molecule has 5 heteroatoms. The van der Waals surface area contributed by atoms with Crippen molar-refractivity contribution in [3.05, 3.63) is 83.1 Å². The summed E-state index contributed by atoms with van der Waals surface area (Å²) in [6, 6.07) is 16.3. The molecule has 4 aromatic rings. The van der Waals surface area contributed by atoms with E-state index in [1.807, 2.05) is 70.3 Å². The van der Waals surface area contributed by atoms with Gasteiger partial charge in [0.2, 0.25) is 5.91 Å². The Balaban J connectivity index is 1.74. The zero-order valence-electron chi connectivity index (χ0n) is 22.2. The van der Waals surface area contributed by atoms with Gasteiger partial charge < -0.3 is 19.4 Å². The normalized spacial score (nSPS) is 11.6. The fraction of sp³-hybridized carbons (Fsp3) is 0.258. The maximum Gasteiger partial charge on any atom is 0.248 e. The standard InChI is InChI=1S/C31H34N2O3/c1-8-35-30-22(5)31-27(28(18-36-31)25-14-9-19(2)15-20(25)3)17-26(30)21(4)16-29(34)32-23-10-12-24(13-11-23)33(6)7/h9-18H,8H2,1-7H3,(H,32,34)/b21-16+. The lowest BCUT2D eigenvalue weighted by atomic mass is 9.94. The molecule has 4 rings (SSSR count). The monoisotopic (exact) mass is 482 g/mol. The van der Waals surface area contributed by atoms with Gasteiger partial charge in [-0.25, -0.2) is 0 Å². The van der Waals surface area contributed by atoms with E-state index in [1.165, 1.54) is 11.1 Å². The second kappa shape index (κ2) is 10.3. The Labute approximate surface area is 213 Å². The van der Waals surface area contributed by atoms with Crippen LogP contribution in [0.3, 0.4) is 0 Å². The fourth-order valence-corrected chi connectivity index (χ4v) is 4.56. The van der Waals surface area contributed by atoms with E-state index in [0.29, 0.717) is 6.61 Å². The van der Waals surface area contributed by atoms with Crippen LogP contribution in [0.25, 0.3) is 27.7 Å². The molecular formula is C31H34N2O3. The number of nitrogens with zero attached hydrogens (tertiary/aromatic N) is 1. The Kier molecular flexibility index (Phi) is 7.20. The van der Waals surface area contributed by atoms with Crippen molar-refractivity contribution in [3.8, 4) is 16.9 Å². The topological polar surface area (TPSA) is 54.7 Å². The lowest BCUT2D eigenvalue weighted by molar-refractivity contribution is -0.111. The van der Waals surface area contributed by atoms with Crippen LogP contribution >= 0.6 is 0 Å². The molecule has 0 spiro atoms. The van der Waals surface area contributed by atoms with Gasteiger partial charge >= 0.3 is 0 Å². The van der Waals surface area contributed by atoms with Crippen LogP contribution in [0.15, 0.2) is 65.3 Å². The van der Waals surface area contributed by atoms with Gasteiger partial charge in [0.25, 0.3) is 0 Å². The number of furan rings is 1. The average Bonchev–Trinajstić information content (AvgIpc) is 3.25.